The van der Waals surface area contributed by atoms with Gasteiger partial charge in [-0.1, -0.05) is 0 Å². The van der Waals surface area contributed by atoms with Gasteiger partial charge in [-0.2, -0.15) is 4.98 Å². The molecule has 0 aromatic carbocycles. The van der Waals surface area contributed by atoms with Crippen LogP contribution < -0.4 is 15.1 Å². The third-order valence-electron chi connectivity index (χ3n) is 4.96. The van der Waals surface area contributed by atoms with Gasteiger partial charge >= 0.3 is 0 Å². The highest BCUT2D eigenvalue weighted by Crippen LogP contribution is 2.23. The summed E-state index contributed by atoms with van der Waals surface area (Å²) in [4.78, 5) is 25.8. The summed E-state index contributed by atoms with van der Waals surface area (Å²) < 4.78 is 5.56. The third-order valence-corrected chi connectivity index (χ3v) is 4.96. The first-order valence-electron chi connectivity index (χ1n) is 9.20. The van der Waals surface area contributed by atoms with Gasteiger partial charge in [-0.05, 0) is 32.6 Å². The van der Waals surface area contributed by atoms with Crippen molar-refractivity contribution >= 4 is 17.7 Å². The fourth-order valence-corrected chi connectivity index (χ4v) is 3.41. The van der Waals surface area contributed by atoms with Gasteiger partial charge < -0.3 is 19.9 Å². The van der Waals surface area contributed by atoms with Gasteiger partial charge in [-0.15, -0.1) is 0 Å². The molecular formula is C18H29N5O2. The molecule has 0 spiro atoms. The second kappa shape index (κ2) is 7.99. The van der Waals surface area contributed by atoms with E-state index in [1.807, 2.05) is 32.0 Å². The predicted octanol–water partition coefficient (Wildman–Crippen LogP) is 1.36. The third kappa shape index (κ3) is 4.60. The van der Waals surface area contributed by atoms with Crippen LogP contribution in [0.4, 0.5) is 11.8 Å². The van der Waals surface area contributed by atoms with Crippen LogP contribution in [0.25, 0.3) is 0 Å². The summed E-state index contributed by atoms with van der Waals surface area (Å²) in [7, 11) is 3.96. The highest BCUT2D eigenvalue weighted by Gasteiger charge is 2.27. The minimum atomic E-state index is 0.0794. The molecule has 7 heteroatoms. The van der Waals surface area contributed by atoms with Crippen LogP contribution in [0.5, 0.6) is 0 Å². The van der Waals surface area contributed by atoms with Crippen LogP contribution in [-0.4, -0.2) is 62.3 Å². The van der Waals surface area contributed by atoms with Gasteiger partial charge in [-0.3, -0.25) is 4.79 Å². The summed E-state index contributed by atoms with van der Waals surface area (Å²) in [6.45, 7) is 5.09. The number of carbonyl (C=O) groups excluding carboxylic acids is 1. The summed E-state index contributed by atoms with van der Waals surface area (Å²) >= 11 is 0. The second-order valence-electron chi connectivity index (χ2n) is 7.20. The van der Waals surface area contributed by atoms with Crippen molar-refractivity contribution in [2.75, 3.05) is 50.1 Å². The number of amides is 1. The summed E-state index contributed by atoms with van der Waals surface area (Å²) in [5, 5.41) is 3.06. The number of carbonyl (C=O) groups is 1. The molecule has 0 aliphatic carbocycles. The predicted molar refractivity (Wildman–Crippen MR) is 98.0 cm³/mol. The van der Waals surface area contributed by atoms with Crippen LogP contribution in [0.3, 0.4) is 0 Å². The van der Waals surface area contributed by atoms with Crippen LogP contribution in [0.15, 0.2) is 6.07 Å². The minimum absolute atomic E-state index is 0.0794. The maximum Gasteiger partial charge on any atom is 0.227 e. The highest BCUT2D eigenvalue weighted by molar-refractivity contribution is 5.79. The number of aromatic nitrogens is 2. The Bertz CT molecular complexity index is 593. The zero-order valence-electron chi connectivity index (χ0n) is 15.5. The lowest BCUT2D eigenvalue weighted by Crippen LogP contribution is -2.43. The van der Waals surface area contributed by atoms with E-state index >= 15 is 0 Å². The van der Waals surface area contributed by atoms with Gasteiger partial charge in [0, 0.05) is 58.0 Å². The first-order chi connectivity index (χ1) is 12.0. The number of nitrogens with zero attached hydrogens (tertiary/aromatic N) is 4. The Morgan fingerprint density at radius 1 is 1.32 bits per heavy atom. The van der Waals surface area contributed by atoms with Crippen LogP contribution >= 0.6 is 0 Å². The molecule has 7 nitrogen and oxygen atoms in total. The molecule has 2 saturated heterocycles. The molecule has 3 heterocycles. The quantitative estimate of drug-likeness (QED) is 0.867. The molecule has 1 amide bonds. The highest BCUT2D eigenvalue weighted by atomic mass is 16.5. The normalized spacial score (nSPS) is 21.4. The number of hydrogen-bond acceptors (Lipinski definition) is 6. The van der Waals surface area contributed by atoms with E-state index in [9.17, 15) is 4.79 Å². The maximum absolute atomic E-state index is 12.4. The standard InChI is InChI=1S/C18H29N5O2/c1-13-11-16(22(2)3)21-18(20-13)23-8-6-14(7-9-23)17(24)19-12-15-5-4-10-25-15/h11,14-15H,4-10,12H2,1-3H3,(H,19,24)/t15-/m1/s1. The van der Waals surface area contributed by atoms with Gasteiger partial charge in [0.25, 0.3) is 0 Å². The molecule has 0 bridgehead atoms. The van der Waals surface area contributed by atoms with Gasteiger partial charge in [0.1, 0.15) is 5.82 Å². The van der Waals surface area contributed by atoms with Crippen LogP contribution in [-0.2, 0) is 9.53 Å². The van der Waals surface area contributed by atoms with Crippen molar-refractivity contribution in [1.82, 2.24) is 15.3 Å². The molecule has 25 heavy (non-hydrogen) atoms. The molecule has 3 rings (SSSR count). The molecule has 0 saturated carbocycles. The Morgan fingerprint density at radius 2 is 2.08 bits per heavy atom. The van der Waals surface area contributed by atoms with E-state index in [4.69, 9.17) is 4.74 Å². The SMILES string of the molecule is Cc1cc(N(C)C)nc(N2CCC(C(=O)NC[C@H]3CCCO3)CC2)n1. The van der Waals surface area contributed by atoms with Crippen molar-refractivity contribution in [3.63, 3.8) is 0 Å². The molecule has 2 fully saturated rings. The van der Waals surface area contributed by atoms with Crippen molar-refractivity contribution in [2.24, 2.45) is 5.92 Å². The van der Waals surface area contributed by atoms with Gasteiger partial charge in [-0.25, -0.2) is 4.98 Å². The number of nitrogens with one attached hydrogen (secondary N) is 1. The smallest absolute Gasteiger partial charge is 0.227 e. The van der Waals surface area contributed by atoms with Crippen LogP contribution in [0.1, 0.15) is 31.4 Å². The zero-order chi connectivity index (χ0) is 17.8. The van der Waals surface area contributed by atoms with Crippen LogP contribution in [0.2, 0.25) is 0 Å². The van der Waals surface area contributed by atoms with Gasteiger partial charge in [0.15, 0.2) is 0 Å². The van der Waals surface area contributed by atoms with Crippen molar-refractivity contribution < 1.29 is 9.53 Å². The Balaban J connectivity index is 1.52. The molecule has 1 N–H and O–H groups in total. The number of ether oxygens (including phenoxy) is 1. The summed E-state index contributed by atoms with van der Waals surface area (Å²) in [5.74, 6) is 1.92. The lowest BCUT2D eigenvalue weighted by molar-refractivity contribution is -0.126. The lowest BCUT2D eigenvalue weighted by atomic mass is 9.96. The van der Waals surface area contributed by atoms with E-state index in [0.29, 0.717) is 6.54 Å². The second-order valence-corrected chi connectivity index (χ2v) is 7.20. The van der Waals surface area contributed by atoms with E-state index in [1.54, 1.807) is 0 Å². The average molecular weight is 347 g/mol. The Kier molecular flexibility index (Phi) is 5.73. The Morgan fingerprint density at radius 3 is 2.72 bits per heavy atom. The molecular weight excluding hydrogens is 318 g/mol. The lowest BCUT2D eigenvalue weighted by Gasteiger charge is -2.32. The van der Waals surface area contributed by atoms with E-state index < -0.39 is 0 Å². The molecule has 1 atom stereocenters. The maximum atomic E-state index is 12.4. The number of anilines is 2. The average Bonchev–Trinajstić information content (AvgIpc) is 3.13. The van der Waals surface area contributed by atoms with Crippen molar-refractivity contribution in [1.29, 1.82) is 0 Å². The van der Waals surface area contributed by atoms with Crippen molar-refractivity contribution in [3.05, 3.63) is 11.8 Å². The van der Waals surface area contributed by atoms with Crippen LogP contribution in [0, 0.1) is 12.8 Å². The number of hydrogen-bond donors (Lipinski definition) is 1. The molecule has 1 aromatic heterocycles. The van der Waals surface area contributed by atoms with Crippen molar-refractivity contribution in [2.45, 2.75) is 38.7 Å². The molecule has 1 aromatic rings. The van der Waals surface area contributed by atoms with E-state index in [2.05, 4.69) is 20.2 Å². The Hall–Kier alpha value is -1.89. The molecule has 2 aliphatic heterocycles. The fraction of sp³-hybridized carbons (Fsp3) is 0.722. The summed E-state index contributed by atoms with van der Waals surface area (Å²) in [5.41, 5.74) is 0.963. The number of piperidine rings is 1. The topological polar surface area (TPSA) is 70.6 Å². The Labute approximate surface area is 149 Å². The van der Waals surface area contributed by atoms with Gasteiger partial charge in [0.2, 0.25) is 11.9 Å². The first kappa shape index (κ1) is 17.9. The molecule has 0 radical (unpaired) electrons. The molecule has 0 unspecified atom stereocenters. The van der Waals surface area contributed by atoms with E-state index in [-0.39, 0.29) is 17.9 Å². The fourth-order valence-electron chi connectivity index (χ4n) is 3.41. The van der Waals surface area contributed by atoms with Crippen molar-refractivity contribution in [3.8, 4) is 0 Å². The first-order valence-corrected chi connectivity index (χ1v) is 9.20. The zero-order valence-corrected chi connectivity index (χ0v) is 15.5. The largest absolute Gasteiger partial charge is 0.376 e. The molecule has 138 valence electrons. The van der Waals surface area contributed by atoms with E-state index in [1.165, 1.54) is 0 Å². The molecule has 2 aliphatic rings. The summed E-state index contributed by atoms with van der Waals surface area (Å²) in [6.07, 6.45) is 4.04. The number of aryl methyl sites for hydroxylation is 1. The van der Waals surface area contributed by atoms with Gasteiger partial charge in [0.05, 0.1) is 6.10 Å². The summed E-state index contributed by atoms with van der Waals surface area (Å²) in [6, 6.07) is 1.98. The van der Waals surface area contributed by atoms with E-state index in [0.717, 1.165) is 62.8 Å². The number of rotatable bonds is 5. The minimum Gasteiger partial charge on any atom is -0.376 e. The monoisotopic (exact) mass is 347 g/mol.